The molecule has 2 fully saturated rings. The van der Waals surface area contributed by atoms with E-state index in [4.69, 9.17) is 9.47 Å². The Kier molecular flexibility index (Phi) is 2.71. The molecular formula is C14H19NO4. The Morgan fingerprint density at radius 2 is 2.37 bits per heavy atom. The van der Waals surface area contributed by atoms with Gasteiger partial charge < -0.3 is 14.4 Å². The molecule has 0 N–H and O–H groups in total. The summed E-state index contributed by atoms with van der Waals surface area (Å²) in [5.74, 6) is -0.817. The van der Waals surface area contributed by atoms with Crippen LogP contribution in [0.1, 0.15) is 13.8 Å². The van der Waals surface area contributed by atoms with Gasteiger partial charge in [-0.1, -0.05) is 26.0 Å². The van der Waals surface area contributed by atoms with Crippen molar-refractivity contribution in [1.82, 2.24) is 4.90 Å². The topological polar surface area (TPSA) is 55.8 Å². The predicted octanol–water partition coefficient (Wildman–Crippen LogP) is 0.597. The number of carbonyl (C=O) groups is 2. The van der Waals surface area contributed by atoms with Crippen LogP contribution >= 0.6 is 0 Å². The van der Waals surface area contributed by atoms with E-state index < -0.39 is 17.4 Å². The lowest BCUT2D eigenvalue weighted by Gasteiger charge is -2.22. The lowest BCUT2D eigenvalue weighted by Crippen LogP contribution is -2.39. The Morgan fingerprint density at radius 1 is 1.63 bits per heavy atom. The minimum absolute atomic E-state index is 0.0240. The van der Waals surface area contributed by atoms with E-state index in [1.807, 2.05) is 17.1 Å². The van der Waals surface area contributed by atoms with Gasteiger partial charge in [-0.05, 0) is 5.92 Å². The molecule has 3 rings (SSSR count). The maximum atomic E-state index is 12.5. The van der Waals surface area contributed by atoms with E-state index in [2.05, 4.69) is 13.8 Å². The van der Waals surface area contributed by atoms with E-state index in [-0.39, 0.29) is 18.0 Å². The Bertz CT molecular complexity index is 458. The van der Waals surface area contributed by atoms with Crippen LogP contribution in [0.5, 0.6) is 0 Å². The fourth-order valence-electron chi connectivity index (χ4n) is 3.58. The molecule has 19 heavy (non-hydrogen) atoms. The molecule has 3 heterocycles. The van der Waals surface area contributed by atoms with Crippen LogP contribution in [-0.2, 0) is 19.1 Å². The van der Waals surface area contributed by atoms with Crippen molar-refractivity contribution in [2.45, 2.75) is 25.6 Å². The van der Waals surface area contributed by atoms with Gasteiger partial charge in [0, 0.05) is 6.54 Å². The summed E-state index contributed by atoms with van der Waals surface area (Å²) in [6.45, 7) is 5.40. The van der Waals surface area contributed by atoms with E-state index in [9.17, 15) is 9.59 Å². The van der Waals surface area contributed by atoms with Gasteiger partial charge in [0.25, 0.3) is 0 Å². The first-order chi connectivity index (χ1) is 8.98. The van der Waals surface area contributed by atoms with Gasteiger partial charge in [-0.2, -0.15) is 0 Å². The van der Waals surface area contributed by atoms with Crippen LogP contribution in [0.2, 0.25) is 0 Å². The van der Waals surface area contributed by atoms with Crippen LogP contribution in [-0.4, -0.2) is 48.7 Å². The first kappa shape index (κ1) is 12.7. The zero-order valence-electron chi connectivity index (χ0n) is 11.5. The summed E-state index contributed by atoms with van der Waals surface area (Å²) in [4.78, 5) is 26.3. The average Bonchev–Trinajstić information content (AvgIpc) is 2.97. The average molecular weight is 265 g/mol. The van der Waals surface area contributed by atoms with Crippen molar-refractivity contribution >= 4 is 11.9 Å². The highest BCUT2D eigenvalue weighted by Gasteiger charge is 2.67. The van der Waals surface area contributed by atoms with Crippen LogP contribution < -0.4 is 0 Å². The second-order valence-corrected chi connectivity index (χ2v) is 6.04. The standard InChI is InChI=1S/C14H19NO4/c1-8(2)6-15-7-14-5-4-9(19-14)10(13(17)18-3)11(14)12(15)16/h4-5,8-11H,6-7H2,1-3H3/t9-,10-,11+,14-/m1/s1. The molecule has 4 atom stereocenters. The van der Waals surface area contributed by atoms with E-state index in [0.29, 0.717) is 19.0 Å². The second-order valence-electron chi connectivity index (χ2n) is 6.04. The number of nitrogens with zero attached hydrogens (tertiary/aromatic N) is 1. The summed E-state index contributed by atoms with van der Waals surface area (Å²) in [6.07, 6.45) is 3.55. The Balaban J connectivity index is 1.90. The Hall–Kier alpha value is -1.36. The number of likely N-dealkylation sites (tertiary alicyclic amines) is 1. The van der Waals surface area contributed by atoms with Gasteiger partial charge in [0.1, 0.15) is 11.5 Å². The van der Waals surface area contributed by atoms with Gasteiger partial charge in [0.05, 0.1) is 25.7 Å². The number of ether oxygens (including phenoxy) is 2. The summed E-state index contributed by atoms with van der Waals surface area (Å²) < 4.78 is 10.8. The molecule has 3 aliphatic heterocycles. The first-order valence-corrected chi connectivity index (χ1v) is 6.72. The van der Waals surface area contributed by atoms with E-state index in [0.717, 1.165) is 0 Å². The number of hydrogen-bond donors (Lipinski definition) is 0. The summed E-state index contributed by atoms with van der Waals surface area (Å²) >= 11 is 0. The smallest absolute Gasteiger partial charge is 0.312 e. The van der Waals surface area contributed by atoms with Crippen LogP contribution in [0.15, 0.2) is 12.2 Å². The lowest BCUT2D eigenvalue weighted by atomic mass is 9.77. The fourth-order valence-corrected chi connectivity index (χ4v) is 3.58. The van der Waals surface area contributed by atoms with Gasteiger partial charge in [0.15, 0.2) is 0 Å². The van der Waals surface area contributed by atoms with Gasteiger partial charge >= 0.3 is 5.97 Å². The van der Waals surface area contributed by atoms with Crippen molar-refractivity contribution in [3.63, 3.8) is 0 Å². The molecule has 0 unspecified atom stereocenters. The zero-order valence-corrected chi connectivity index (χ0v) is 11.5. The fraction of sp³-hybridized carbons (Fsp3) is 0.714. The molecule has 2 saturated heterocycles. The minimum Gasteiger partial charge on any atom is -0.469 e. The molecule has 1 spiro atoms. The van der Waals surface area contributed by atoms with Gasteiger partial charge in [-0.3, -0.25) is 9.59 Å². The normalized spacial score (nSPS) is 39.3. The highest BCUT2D eigenvalue weighted by molar-refractivity contribution is 5.91. The van der Waals surface area contributed by atoms with Gasteiger partial charge in [-0.15, -0.1) is 0 Å². The Morgan fingerprint density at radius 3 is 3.00 bits per heavy atom. The monoisotopic (exact) mass is 265 g/mol. The van der Waals surface area contributed by atoms with Crippen molar-refractivity contribution in [2.24, 2.45) is 17.8 Å². The molecule has 0 aromatic rings. The molecular weight excluding hydrogens is 246 g/mol. The van der Waals surface area contributed by atoms with Crippen LogP contribution in [0, 0.1) is 17.8 Å². The number of rotatable bonds is 3. The van der Waals surface area contributed by atoms with E-state index >= 15 is 0 Å². The number of amides is 1. The van der Waals surface area contributed by atoms with Crippen LogP contribution in [0.4, 0.5) is 0 Å². The quantitative estimate of drug-likeness (QED) is 0.554. The molecule has 2 bridgehead atoms. The van der Waals surface area contributed by atoms with Crippen molar-refractivity contribution in [3.05, 3.63) is 12.2 Å². The van der Waals surface area contributed by atoms with Crippen molar-refractivity contribution < 1.29 is 19.1 Å². The molecule has 0 saturated carbocycles. The summed E-state index contributed by atoms with van der Waals surface area (Å²) in [6, 6.07) is 0. The van der Waals surface area contributed by atoms with Crippen molar-refractivity contribution in [3.8, 4) is 0 Å². The van der Waals surface area contributed by atoms with Crippen molar-refractivity contribution in [1.29, 1.82) is 0 Å². The summed E-state index contributed by atoms with van der Waals surface area (Å²) in [5.41, 5.74) is -0.602. The third-order valence-corrected chi connectivity index (χ3v) is 4.24. The van der Waals surface area contributed by atoms with Crippen LogP contribution in [0.3, 0.4) is 0 Å². The zero-order chi connectivity index (χ0) is 13.8. The summed E-state index contributed by atoms with van der Waals surface area (Å²) in [5, 5.41) is 0. The number of hydrogen-bond acceptors (Lipinski definition) is 4. The molecule has 0 aromatic carbocycles. The largest absolute Gasteiger partial charge is 0.469 e. The number of esters is 1. The maximum absolute atomic E-state index is 12.5. The molecule has 0 aliphatic carbocycles. The van der Waals surface area contributed by atoms with Gasteiger partial charge in [-0.25, -0.2) is 0 Å². The number of carbonyl (C=O) groups excluding carboxylic acids is 2. The SMILES string of the molecule is COC(=O)[C@H]1[C@H]2C(=O)N(CC(C)C)C[C@]23C=C[C@H]1O3. The van der Waals surface area contributed by atoms with E-state index in [1.54, 1.807) is 0 Å². The summed E-state index contributed by atoms with van der Waals surface area (Å²) in [7, 11) is 1.36. The molecule has 3 aliphatic rings. The molecule has 5 heteroatoms. The highest BCUT2D eigenvalue weighted by atomic mass is 16.5. The molecule has 1 amide bonds. The van der Waals surface area contributed by atoms with Gasteiger partial charge in [0.2, 0.25) is 5.91 Å². The second kappa shape index (κ2) is 4.07. The number of methoxy groups -OCH3 is 1. The molecule has 104 valence electrons. The number of fused-ring (bicyclic) bond motifs is 1. The third-order valence-electron chi connectivity index (χ3n) is 4.24. The highest BCUT2D eigenvalue weighted by Crippen LogP contribution is 2.52. The molecule has 5 nitrogen and oxygen atoms in total. The maximum Gasteiger partial charge on any atom is 0.312 e. The molecule has 0 radical (unpaired) electrons. The molecule has 0 aromatic heterocycles. The van der Waals surface area contributed by atoms with Crippen LogP contribution in [0.25, 0.3) is 0 Å². The predicted molar refractivity (Wildman–Crippen MR) is 67.2 cm³/mol. The minimum atomic E-state index is -0.602. The third kappa shape index (κ3) is 1.64. The lowest BCUT2D eigenvalue weighted by molar-refractivity contribution is -0.151. The van der Waals surface area contributed by atoms with E-state index in [1.165, 1.54) is 7.11 Å². The first-order valence-electron chi connectivity index (χ1n) is 6.72. The van der Waals surface area contributed by atoms with Crippen molar-refractivity contribution in [2.75, 3.05) is 20.2 Å². The Labute approximate surface area is 112 Å².